The van der Waals surface area contributed by atoms with Crippen molar-refractivity contribution in [2.45, 2.75) is 19.8 Å². The van der Waals surface area contributed by atoms with Gasteiger partial charge in [0.25, 0.3) is 0 Å². The summed E-state index contributed by atoms with van der Waals surface area (Å²) in [4.78, 5) is 6.90. The Hall–Kier alpha value is -1.38. The summed E-state index contributed by atoms with van der Waals surface area (Å²) in [6.45, 7) is 4.13. The molecule has 3 heteroatoms. The number of fused-ring (bicyclic) bond motifs is 1. The summed E-state index contributed by atoms with van der Waals surface area (Å²) < 4.78 is 13.1. The minimum absolute atomic E-state index is 0.231. The summed E-state index contributed by atoms with van der Waals surface area (Å²) in [5.41, 5.74) is 1.67. The molecule has 0 saturated heterocycles. The van der Waals surface area contributed by atoms with E-state index < -0.39 is 0 Å². The van der Waals surface area contributed by atoms with Crippen molar-refractivity contribution in [3.05, 3.63) is 29.8 Å². The first-order chi connectivity index (χ1) is 6.18. The van der Waals surface area contributed by atoms with E-state index in [2.05, 4.69) is 23.8 Å². The van der Waals surface area contributed by atoms with Crippen LogP contribution in [0.5, 0.6) is 0 Å². The third-order valence-electron chi connectivity index (χ3n) is 2.17. The van der Waals surface area contributed by atoms with Crippen molar-refractivity contribution in [2.75, 3.05) is 0 Å². The van der Waals surface area contributed by atoms with Gasteiger partial charge in [-0.2, -0.15) is 0 Å². The Labute approximate surface area is 75.8 Å². The van der Waals surface area contributed by atoms with Crippen molar-refractivity contribution in [1.29, 1.82) is 0 Å². The van der Waals surface area contributed by atoms with Crippen molar-refractivity contribution in [2.24, 2.45) is 0 Å². The van der Waals surface area contributed by atoms with Gasteiger partial charge in [-0.3, -0.25) is 0 Å². The highest BCUT2D eigenvalue weighted by molar-refractivity contribution is 5.76. The van der Waals surface area contributed by atoms with E-state index in [1.807, 2.05) is 6.07 Å². The molecule has 0 unspecified atom stereocenters. The van der Waals surface area contributed by atoms with Crippen molar-refractivity contribution in [1.82, 2.24) is 9.97 Å². The Kier molecular flexibility index (Phi) is 1.79. The Morgan fingerprint density at radius 1 is 1.46 bits per heavy atom. The minimum atomic E-state index is -0.231. The van der Waals surface area contributed by atoms with Gasteiger partial charge in [0.1, 0.15) is 11.5 Å². The molecule has 2 heterocycles. The SMILES string of the molecule is CC(C)c1cnc2[nH]cc(F)c2c1. The van der Waals surface area contributed by atoms with E-state index in [1.54, 1.807) is 6.20 Å². The molecule has 0 radical (unpaired) electrons. The molecule has 0 spiro atoms. The summed E-state index contributed by atoms with van der Waals surface area (Å²) in [5, 5.41) is 0.575. The largest absolute Gasteiger partial charge is 0.343 e. The quantitative estimate of drug-likeness (QED) is 0.714. The minimum Gasteiger partial charge on any atom is -0.343 e. The van der Waals surface area contributed by atoms with Crippen LogP contribution < -0.4 is 0 Å². The predicted molar refractivity (Wildman–Crippen MR) is 50.1 cm³/mol. The van der Waals surface area contributed by atoms with Crippen LogP contribution in [-0.2, 0) is 0 Å². The third-order valence-corrected chi connectivity index (χ3v) is 2.17. The van der Waals surface area contributed by atoms with E-state index >= 15 is 0 Å². The normalized spacial score (nSPS) is 11.4. The van der Waals surface area contributed by atoms with Gasteiger partial charge in [0.2, 0.25) is 0 Å². The number of H-pyrrole nitrogens is 1. The fourth-order valence-corrected chi connectivity index (χ4v) is 1.30. The zero-order chi connectivity index (χ0) is 9.42. The van der Waals surface area contributed by atoms with Crippen LogP contribution in [0.3, 0.4) is 0 Å². The summed E-state index contributed by atoms with van der Waals surface area (Å²) in [6, 6.07) is 1.85. The summed E-state index contributed by atoms with van der Waals surface area (Å²) in [5.74, 6) is 0.149. The molecule has 2 aromatic heterocycles. The Morgan fingerprint density at radius 3 is 2.92 bits per heavy atom. The van der Waals surface area contributed by atoms with Crippen LogP contribution in [0.15, 0.2) is 18.5 Å². The smallest absolute Gasteiger partial charge is 0.150 e. The van der Waals surface area contributed by atoms with E-state index in [-0.39, 0.29) is 5.82 Å². The standard InChI is InChI=1S/C10H11FN2/c1-6(2)7-3-8-9(11)5-13-10(8)12-4-7/h3-6H,1-2H3,(H,12,13). The highest BCUT2D eigenvalue weighted by Crippen LogP contribution is 2.20. The summed E-state index contributed by atoms with van der Waals surface area (Å²) in [6.07, 6.45) is 3.12. The molecular weight excluding hydrogens is 167 g/mol. The number of hydrogen-bond donors (Lipinski definition) is 1. The van der Waals surface area contributed by atoms with Gasteiger partial charge in [-0.1, -0.05) is 13.8 Å². The lowest BCUT2D eigenvalue weighted by Gasteiger charge is -2.03. The molecule has 2 rings (SSSR count). The third kappa shape index (κ3) is 1.30. The van der Waals surface area contributed by atoms with Crippen LogP contribution in [0, 0.1) is 5.82 Å². The highest BCUT2D eigenvalue weighted by Gasteiger charge is 2.06. The summed E-state index contributed by atoms with van der Waals surface area (Å²) in [7, 11) is 0. The average Bonchev–Trinajstić information content (AvgIpc) is 2.47. The van der Waals surface area contributed by atoms with Crippen LogP contribution in [0.4, 0.5) is 4.39 Å². The molecule has 13 heavy (non-hydrogen) atoms. The van der Waals surface area contributed by atoms with Crippen molar-refractivity contribution >= 4 is 11.0 Å². The monoisotopic (exact) mass is 178 g/mol. The maximum Gasteiger partial charge on any atom is 0.150 e. The van der Waals surface area contributed by atoms with Gasteiger partial charge in [0.15, 0.2) is 0 Å². The molecule has 0 amide bonds. The van der Waals surface area contributed by atoms with Crippen molar-refractivity contribution < 1.29 is 4.39 Å². The van der Waals surface area contributed by atoms with Crippen LogP contribution in [0.1, 0.15) is 25.3 Å². The second kappa shape index (κ2) is 2.83. The molecule has 2 nitrogen and oxygen atoms in total. The lowest BCUT2D eigenvalue weighted by Crippen LogP contribution is -1.88. The number of hydrogen-bond acceptors (Lipinski definition) is 1. The van der Waals surface area contributed by atoms with Gasteiger partial charge < -0.3 is 4.98 Å². The second-order valence-electron chi connectivity index (χ2n) is 3.46. The van der Waals surface area contributed by atoms with Crippen molar-refractivity contribution in [3.63, 3.8) is 0 Å². The van der Waals surface area contributed by atoms with Gasteiger partial charge in [0.05, 0.1) is 5.39 Å². The maximum absolute atomic E-state index is 13.1. The van der Waals surface area contributed by atoms with E-state index in [1.165, 1.54) is 6.20 Å². The van der Waals surface area contributed by atoms with Crippen LogP contribution >= 0.6 is 0 Å². The molecule has 68 valence electrons. The number of nitrogens with zero attached hydrogens (tertiary/aromatic N) is 1. The lowest BCUT2D eigenvalue weighted by molar-refractivity contribution is 0.639. The Bertz CT molecular complexity index is 431. The fraction of sp³-hybridized carbons (Fsp3) is 0.300. The van der Waals surface area contributed by atoms with E-state index in [0.29, 0.717) is 17.0 Å². The lowest BCUT2D eigenvalue weighted by atomic mass is 10.1. The van der Waals surface area contributed by atoms with Gasteiger partial charge >= 0.3 is 0 Å². The molecule has 0 aromatic carbocycles. The predicted octanol–water partition coefficient (Wildman–Crippen LogP) is 2.83. The van der Waals surface area contributed by atoms with E-state index in [9.17, 15) is 4.39 Å². The van der Waals surface area contributed by atoms with Gasteiger partial charge in [0, 0.05) is 12.4 Å². The van der Waals surface area contributed by atoms with Crippen molar-refractivity contribution in [3.8, 4) is 0 Å². The van der Waals surface area contributed by atoms with Crippen LogP contribution in [0.25, 0.3) is 11.0 Å². The zero-order valence-electron chi connectivity index (χ0n) is 7.63. The van der Waals surface area contributed by atoms with Gasteiger partial charge in [-0.25, -0.2) is 9.37 Å². The molecule has 0 atom stereocenters. The number of aromatic nitrogens is 2. The zero-order valence-corrected chi connectivity index (χ0v) is 7.63. The molecule has 0 bridgehead atoms. The molecule has 0 aliphatic rings. The maximum atomic E-state index is 13.1. The first-order valence-corrected chi connectivity index (χ1v) is 4.31. The van der Waals surface area contributed by atoms with E-state index in [0.717, 1.165) is 5.56 Å². The van der Waals surface area contributed by atoms with Gasteiger partial charge in [-0.05, 0) is 17.5 Å². The Balaban J connectivity index is 2.66. The average molecular weight is 178 g/mol. The van der Waals surface area contributed by atoms with E-state index in [4.69, 9.17) is 0 Å². The first-order valence-electron chi connectivity index (χ1n) is 4.31. The first kappa shape index (κ1) is 8.23. The second-order valence-corrected chi connectivity index (χ2v) is 3.46. The number of rotatable bonds is 1. The van der Waals surface area contributed by atoms with Gasteiger partial charge in [-0.15, -0.1) is 0 Å². The van der Waals surface area contributed by atoms with Crippen LogP contribution in [0.2, 0.25) is 0 Å². The fourth-order valence-electron chi connectivity index (χ4n) is 1.30. The molecule has 0 aliphatic carbocycles. The molecule has 1 N–H and O–H groups in total. The molecule has 2 aromatic rings. The number of aromatic amines is 1. The highest BCUT2D eigenvalue weighted by atomic mass is 19.1. The summed E-state index contributed by atoms with van der Waals surface area (Å²) >= 11 is 0. The van der Waals surface area contributed by atoms with Crippen LogP contribution in [-0.4, -0.2) is 9.97 Å². The molecule has 0 aliphatic heterocycles. The topological polar surface area (TPSA) is 28.7 Å². The number of halogens is 1. The molecule has 0 saturated carbocycles. The molecule has 0 fully saturated rings. The molecular formula is C10H11FN2. The number of nitrogens with one attached hydrogen (secondary N) is 1. The Morgan fingerprint density at radius 2 is 2.23 bits per heavy atom. The number of pyridine rings is 1.